The first-order chi connectivity index (χ1) is 10.9. The highest BCUT2D eigenvalue weighted by Gasteiger charge is 2.66. The summed E-state index contributed by atoms with van der Waals surface area (Å²) in [5.41, 5.74) is 5.50. The number of nitrogens with zero attached hydrogens (tertiary/aromatic N) is 3. The molecule has 10 heteroatoms. The van der Waals surface area contributed by atoms with E-state index in [1.807, 2.05) is 13.8 Å². The van der Waals surface area contributed by atoms with Crippen molar-refractivity contribution in [1.82, 2.24) is 20.6 Å². The number of H-pyrrole nitrogens is 1. The molecular formula is C14H27N5O4Si. The molecule has 3 N–H and O–H groups in total. The zero-order chi connectivity index (χ0) is 18.0. The second-order valence-corrected chi connectivity index (χ2v) is 13.2. The van der Waals surface area contributed by atoms with Gasteiger partial charge in [-0.25, -0.2) is 0 Å². The fourth-order valence-electron chi connectivity index (χ4n) is 2.67. The van der Waals surface area contributed by atoms with Gasteiger partial charge in [0.05, 0.1) is 0 Å². The molecule has 2 aliphatic rings. The summed E-state index contributed by atoms with van der Waals surface area (Å²) < 4.78 is 24.2. The van der Waals surface area contributed by atoms with Crippen molar-refractivity contribution in [1.29, 1.82) is 0 Å². The van der Waals surface area contributed by atoms with E-state index >= 15 is 0 Å². The Labute approximate surface area is 142 Å². The predicted molar refractivity (Wildman–Crippen MR) is 87.0 cm³/mol. The largest absolute Gasteiger partial charge is 0.390 e. The van der Waals surface area contributed by atoms with E-state index in [1.54, 1.807) is 0 Å². The van der Waals surface area contributed by atoms with Gasteiger partial charge in [0.1, 0.15) is 6.10 Å². The maximum absolute atomic E-state index is 6.71. The molecule has 2 aliphatic heterocycles. The standard InChI is InChI=1S/C14H27N5O4Si/c1-12(2,3)24(6,7)23-11-14(15,10-16-18-19-17-10)8-9(20-11)22-13(4,5)21-8/h8-9,11H,15H2,1-7H3,(H,16,17,18,19)/t8-,9+,11+,14+/m0/s1. The molecule has 0 saturated carbocycles. The summed E-state index contributed by atoms with van der Waals surface area (Å²) in [7, 11) is -2.16. The van der Waals surface area contributed by atoms with Crippen molar-refractivity contribution in [3.05, 3.63) is 5.82 Å². The molecule has 0 spiro atoms. The highest BCUT2D eigenvalue weighted by molar-refractivity contribution is 6.74. The average molecular weight is 357 g/mol. The summed E-state index contributed by atoms with van der Waals surface area (Å²) >= 11 is 0. The van der Waals surface area contributed by atoms with Gasteiger partial charge < -0.3 is 24.4 Å². The summed E-state index contributed by atoms with van der Waals surface area (Å²) in [6.45, 7) is 14.3. The van der Waals surface area contributed by atoms with Crippen molar-refractivity contribution in [2.24, 2.45) is 5.73 Å². The molecule has 0 amide bonds. The third-order valence-electron chi connectivity index (χ3n) is 5.12. The topological polar surface area (TPSA) is 117 Å². The van der Waals surface area contributed by atoms with E-state index in [0.29, 0.717) is 5.82 Å². The average Bonchev–Trinajstić information content (AvgIpc) is 3.07. The third-order valence-corrected chi connectivity index (χ3v) is 9.53. The lowest BCUT2D eigenvalue weighted by atomic mass is 9.94. The van der Waals surface area contributed by atoms with Gasteiger partial charge in [-0.15, -0.1) is 10.2 Å². The molecule has 0 aromatic carbocycles. The van der Waals surface area contributed by atoms with E-state index < -0.39 is 38.3 Å². The van der Waals surface area contributed by atoms with E-state index in [2.05, 4.69) is 54.5 Å². The van der Waals surface area contributed by atoms with Gasteiger partial charge in [-0.05, 0) is 32.0 Å². The number of rotatable bonds is 3. The molecule has 4 atom stereocenters. The fourth-order valence-corrected chi connectivity index (χ4v) is 3.81. The third kappa shape index (κ3) is 2.70. The lowest BCUT2D eigenvalue weighted by Gasteiger charge is -2.41. The van der Waals surface area contributed by atoms with Gasteiger partial charge >= 0.3 is 0 Å². The zero-order valence-electron chi connectivity index (χ0n) is 15.3. The van der Waals surface area contributed by atoms with Gasteiger partial charge in [0.25, 0.3) is 0 Å². The van der Waals surface area contributed by atoms with Crippen LogP contribution >= 0.6 is 0 Å². The number of hydrogen-bond donors (Lipinski definition) is 2. The lowest BCUT2D eigenvalue weighted by Crippen LogP contribution is -2.58. The minimum atomic E-state index is -2.16. The van der Waals surface area contributed by atoms with Gasteiger partial charge in [0, 0.05) is 0 Å². The Balaban J connectivity index is 1.96. The molecule has 136 valence electrons. The van der Waals surface area contributed by atoms with E-state index in [9.17, 15) is 0 Å². The van der Waals surface area contributed by atoms with Crippen molar-refractivity contribution in [3.8, 4) is 0 Å². The van der Waals surface area contributed by atoms with Gasteiger partial charge in [-0.3, -0.25) is 0 Å². The van der Waals surface area contributed by atoms with Crippen molar-refractivity contribution in [2.75, 3.05) is 0 Å². The monoisotopic (exact) mass is 357 g/mol. The van der Waals surface area contributed by atoms with Crippen LogP contribution in [0.4, 0.5) is 0 Å². The summed E-state index contributed by atoms with van der Waals surface area (Å²) in [4.78, 5) is 0. The van der Waals surface area contributed by atoms with Crippen molar-refractivity contribution in [2.45, 2.75) is 82.8 Å². The van der Waals surface area contributed by atoms with Crippen LogP contribution < -0.4 is 5.73 Å². The van der Waals surface area contributed by atoms with Crippen LogP contribution in [0.15, 0.2) is 0 Å². The summed E-state index contributed by atoms with van der Waals surface area (Å²) in [5, 5.41) is 14.2. The predicted octanol–water partition coefficient (Wildman–Crippen LogP) is 1.21. The van der Waals surface area contributed by atoms with Crippen LogP contribution in [0, 0.1) is 0 Å². The second kappa shape index (κ2) is 5.29. The Morgan fingerprint density at radius 2 is 1.92 bits per heavy atom. The van der Waals surface area contributed by atoms with Gasteiger partial charge in [0.15, 0.2) is 32.2 Å². The Morgan fingerprint density at radius 3 is 2.46 bits per heavy atom. The van der Waals surface area contributed by atoms with Crippen LogP contribution in [0.1, 0.15) is 40.4 Å². The summed E-state index contributed by atoms with van der Waals surface area (Å²) in [5.74, 6) is -0.508. The fraction of sp³-hybridized carbons (Fsp3) is 0.929. The van der Waals surface area contributed by atoms with Crippen LogP contribution in [0.25, 0.3) is 0 Å². The smallest absolute Gasteiger partial charge is 0.202 e. The number of fused-ring (bicyclic) bond motifs is 1. The molecule has 3 heterocycles. The first kappa shape index (κ1) is 17.9. The number of nitrogens with two attached hydrogens (primary N) is 1. The molecule has 1 aromatic heterocycles. The summed E-state index contributed by atoms with van der Waals surface area (Å²) in [6, 6.07) is 0. The van der Waals surface area contributed by atoms with Crippen LogP contribution in [0.3, 0.4) is 0 Å². The Bertz CT molecular complexity index is 603. The van der Waals surface area contributed by atoms with Crippen LogP contribution in [0.5, 0.6) is 0 Å². The molecule has 0 aliphatic carbocycles. The number of hydrogen-bond acceptors (Lipinski definition) is 8. The molecule has 9 nitrogen and oxygen atoms in total. The normalized spacial score (nSPS) is 36.1. The molecule has 3 rings (SSSR count). The van der Waals surface area contributed by atoms with Crippen LogP contribution in [-0.2, 0) is 24.2 Å². The molecule has 0 unspecified atom stereocenters. The highest BCUT2D eigenvalue weighted by Crippen LogP contribution is 2.48. The van der Waals surface area contributed by atoms with Crippen LogP contribution in [-0.4, -0.2) is 53.4 Å². The minimum Gasteiger partial charge on any atom is -0.390 e. The van der Waals surface area contributed by atoms with E-state index in [-0.39, 0.29) is 5.04 Å². The Hall–Kier alpha value is -0.913. The number of aromatic nitrogens is 4. The van der Waals surface area contributed by atoms with E-state index in [1.165, 1.54) is 0 Å². The Kier molecular flexibility index (Phi) is 3.94. The first-order valence-corrected chi connectivity index (χ1v) is 11.0. The minimum absolute atomic E-state index is 0.00674. The van der Waals surface area contributed by atoms with Crippen molar-refractivity contribution >= 4 is 8.32 Å². The SMILES string of the molecule is CC1(C)O[C@H]2O[C@H](O[Si](C)(C)C(C)(C)C)[C@](N)(c3nn[nH]n3)[C@H]2O1. The summed E-state index contributed by atoms with van der Waals surface area (Å²) in [6.07, 6.45) is -2.00. The Morgan fingerprint density at radius 1 is 1.25 bits per heavy atom. The molecule has 0 radical (unpaired) electrons. The lowest BCUT2D eigenvalue weighted by molar-refractivity contribution is -0.242. The van der Waals surface area contributed by atoms with E-state index in [0.717, 1.165) is 0 Å². The highest BCUT2D eigenvalue weighted by atomic mass is 28.4. The maximum Gasteiger partial charge on any atom is 0.202 e. The maximum atomic E-state index is 6.71. The molecule has 2 saturated heterocycles. The molecule has 24 heavy (non-hydrogen) atoms. The molecule has 2 fully saturated rings. The van der Waals surface area contributed by atoms with Crippen LogP contribution in [0.2, 0.25) is 18.1 Å². The van der Waals surface area contributed by atoms with E-state index in [4.69, 9.17) is 24.4 Å². The number of tetrazole rings is 1. The molecule has 1 aromatic rings. The van der Waals surface area contributed by atoms with Gasteiger partial charge in [-0.2, -0.15) is 5.21 Å². The molecular weight excluding hydrogens is 330 g/mol. The van der Waals surface area contributed by atoms with Crippen molar-refractivity contribution in [3.63, 3.8) is 0 Å². The first-order valence-electron chi connectivity index (χ1n) is 8.08. The number of nitrogens with one attached hydrogen (secondary N) is 1. The van der Waals surface area contributed by atoms with Gasteiger partial charge in [0.2, 0.25) is 5.82 Å². The second-order valence-electron chi connectivity index (χ2n) is 8.44. The number of ether oxygens (including phenoxy) is 3. The quantitative estimate of drug-likeness (QED) is 0.775. The van der Waals surface area contributed by atoms with Crippen molar-refractivity contribution < 1.29 is 18.6 Å². The molecule has 0 bridgehead atoms. The number of aromatic amines is 1. The zero-order valence-corrected chi connectivity index (χ0v) is 16.3. The van der Waals surface area contributed by atoms with Gasteiger partial charge in [-0.1, -0.05) is 26.0 Å².